The Morgan fingerprint density at radius 3 is 1.79 bits per heavy atom. The Kier molecular flexibility index (Phi) is 11.7. The predicted molar refractivity (Wildman–Crippen MR) is 130 cm³/mol. The van der Waals surface area contributed by atoms with Crippen LogP contribution in [0.3, 0.4) is 0 Å². The molecule has 164 valence electrons. The standard InChI is InChI=1S/C19H30.C7H16.C2H6/c1-6-12-19(13-7-2)14-18(4,5)15(3)16-10-8-9-11-17(16)19;1-5-6-7(2,3)4;1-2/h8-11,15H,6-7,12-14H2,1-5H3;5-6H2,1-4H3;1-2H3. The van der Waals surface area contributed by atoms with Gasteiger partial charge in [0, 0.05) is 0 Å². The number of hydrogen-bond acceptors (Lipinski definition) is 0. The third kappa shape index (κ3) is 7.57. The zero-order valence-electron chi connectivity index (χ0n) is 21.3. The predicted octanol–water partition coefficient (Wildman–Crippen LogP) is 9.92. The summed E-state index contributed by atoms with van der Waals surface area (Å²) in [6.45, 7) is 25.1. The highest BCUT2D eigenvalue weighted by Crippen LogP contribution is 2.55. The Balaban J connectivity index is 0.000000688. The van der Waals surface area contributed by atoms with E-state index < -0.39 is 0 Å². The lowest BCUT2D eigenvalue weighted by atomic mass is 9.54. The summed E-state index contributed by atoms with van der Waals surface area (Å²) < 4.78 is 0. The SMILES string of the molecule is CC.CCCC(C)(C)C.CCCC1(CCC)CC(C)(C)C(C)c2ccccc21. The summed E-state index contributed by atoms with van der Waals surface area (Å²) >= 11 is 0. The topological polar surface area (TPSA) is 0 Å². The molecule has 1 aromatic carbocycles. The molecule has 2 rings (SSSR count). The van der Waals surface area contributed by atoms with Gasteiger partial charge in [-0.05, 0) is 59.0 Å². The summed E-state index contributed by atoms with van der Waals surface area (Å²) in [5, 5.41) is 0. The van der Waals surface area contributed by atoms with E-state index in [-0.39, 0.29) is 0 Å². The molecule has 0 spiro atoms. The van der Waals surface area contributed by atoms with Crippen LogP contribution in [0.15, 0.2) is 24.3 Å². The van der Waals surface area contributed by atoms with E-state index in [2.05, 4.69) is 86.6 Å². The molecule has 1 aliphatic carbocycles. The van der Waals surface area contributed by atoms with Crippen molar-refractivity contribution in [1.29, 1.82) is 0 Å². The second-order valence-corrected chi connectivity index (χ2v) is 10.6. The Morgan fingerprint density at radius 1 is 0.893 bits per heavy atom. The van der Waals surface area contributed by atoms with Gasteiger partial charge in [-0.25, -0.2) is 0 Å². The Hall–Kier alpha value is -0.780. The second kappa shape index (κ2) is 12.0. The summed E-state index contributed by atoms with van der Waals surface area (Å²) in [6.07, 6.45) is 9.26. The molecule has 0 fully saturated rings. The van der Waals surface area contributed by atoms with Crippen molar-refractivity contribution < 1.29 is 0 Å². The molecule has 1 unspecified atom stereocenters. The van der Waals surface area contributed by atoms with E-state index in [1.54, 1.807) is 11.1 Å². The zero-order valence-corrected chi connectivity index (χ0v) is 21.3. The van der Waals surface area contributed by atoms with Crippen LogP contribution < -0.4 is 0 Å². The average Bonchev–Trinajstić information content (AvgIpc) is 2.61. The van der Waals surface area contributed by atoms with Gasteiger partial charge >= 0.3 is 0 Å². The fraction of sp³-hybridized carbons (Fsp3) is 0.786. The van der Waals surface area contributed by atoms with Gasteiger partial charge in [0.15, 0.2) is 0 Å². The Labute approximate surface area is 178 Å². The maximum atomic E-state index is 2.47. The van der Waals surface area contributed by atoms with Crippen LogP contribution in [-0.4, -0.2) is 0 Å². The fourth-order valence-corrected chi connectivity index (χ4v) is 5.18. The van der Waals surface area contributed by atoms with Gasteiger partial charge in [-0.15, -0.1) is 0 Å². The molecule has 0 heterocycles. The summed E-state index contributed by atoms with van der Waals surface area (Å²) in [7, 11) is 0. The van der Waals surface area contributed by atoms with Crippen LogP contribution in [0.2, 0.25) is 0 Å². The van der Waals surface area contributed by atoms with Crippen LogP contribution in [0.1, 0.15) is 138 Å². The summed E-state index contributed by atoms with van der Waals surface area (Å²) in [5.41, 5.74) is 4.66. The van der Waals surface area contributed by atoms with Crippen molar-refractivity contribution in [3.8, 4) is 0 Å². The van der Waals surface area contributed by atoms with Crippen LogP contribution >= 0.6 is 0 Å². The molecule has 0 saturated carbocycles. The Bertz CT molecular complexity index is 523. The minimum Gasteiger partial charge on any atom is -0.0683 e. The molecule has 1 aliphatic rings. The number of hydrogen-bond donors (Lipinski definition) is 0. The van der Waals surface area contributed by atoms with Crippen LogP contribution in [0.25, 0.3) is 0 Å². The van der Waals surface area contributed by atoms with Crippen molar-refractivity contribution in [3.05, 3.63) is 35.4 Å². The van der Waals surface area contributed by atoms with Gasteiger partial charge in [0.05, 0.1) is 0 Å². The summed E-state index contributed by atoms with van der Waals surface area (Å²) in [5.74, 6) is 0.672. The van der Waals surface area contributed by atoms with E-state index in [0.29, 0.717) is 22.2 Å². The lowest BCUT2D eigenvalue weighted by Crippen LogP contribution is -2.40. The van der Waals surface area contributed by atoms with Gasteiger partial charge in [0.25, 0.3) is 0 Å². The van der Waals surface area contributed by atoms with Gasteiger partial charge in [0.2, 0.25) is 0 Å². The van der Waals surface area contributed by atoms with Crippen molar-refractivity contribution in [1.82, 2.24) is 0 Å². The molecule has 0 amide bonds. The van der Waals surface area contributed by atoms with E-state index >= 15 is 0 Å². The molecule has 0 heteroatoms. The van der Waals surface area contributed by atoms with E-state index in [9.17, 15) is 0 Å². The maximum Gasteiger partial charge on any atom is -0.00391 e. The molecule has 0 aromatic heterocycles. The zero-order chi connectivity index (χ0) is 22.0. The first kappa shape index (κ1) is 27.2. The quantitative estimate of drug-likeness (QED) is 0.470. The first-order valence-electron chi connectivity index (χ1n) is 12.1. The molecule has 0 aliphatic heterocycles. The monoisotopic (exact) mass is 388 g/mol. The lowest BCUT2D eigenvalue weighted by molar-refractivity contribution is 0.152. The highest BCUT2D eigenvalue weighted by atomic mass is 14.5. The number of fused-ring (bicyclic) bond motifs is 1. The molecule has 1 aromatic rings. The first-order chi connectivity index (χ1) is 13.0. The smallest absolute Gasteiger partial charge is 0.00391 e. The Morgan fingerprint density at radius 2 is 1.39 bits per heavy atom. The molecular weight excluding hydrogens is 336 g/mol. The molecular formula is C28H52. The molecule has 0 bridgehead atoms. The second-order valence-electron chi connectivity index (χ2n) is 10.6. The van der Waals surface area contributed by atoms with Crippen molar-refractivity contribution in [2.75, 3.05) is 0 Å². The van der Waals surface area contributed by atoms with Gasteiger partial charge in [-0.3, -0.25) is 0 Å². The summed E-state index contributed by atoms with van der Waals surface area (Å²) in [6, 6.07) is 9.25. The molecule has 28 heavy (non-hydrogen) atoms. The van der Waals surface area contributed by atoms with Gasteiger partial charge in [-0.1, -0.05) is 120 Å². The minimum atomic E-state index is 0.415. The normalized spacial score (nSPS) is 19.5. The third-order valence-corrected chi connectivity index (χ3v) is 6.42. The van der Waals surface area contributed by atoms with E-state index in [0.717, 1.165) is 0 Å². The third-order valence-electron chi connectivity index (χ3n) is 6.42. The van der Waals surface area contributed by atoms with Crippen molar-refractivity contribution in [3.63, 3.8) is 0 Å². The van der Waals surface area contributed by atoms with Gasteiger partial charge < -0.3 is 0 Å². The average molecular weight is 389 g/mol. The minimum absolute atomic E-state index is 0.415. The molecule has 0 radical (unpaired) electrons. The largest absolute Gasteiger partial charge is 0.0683 e. The van der Waals surface area contributed by atoms with Crippen LogP contribution in [0.5, 0.6) is 0 Å². The van der Waals surface area contributed by atoms with E-state index in [1.165, 1.54) is 44.9 Å². The highest BCUT2D eigenvalue weighted by molar-refractivity contribution is 5.41. The van der Waals surface area contributed by atoms with Crippen LogP contribution in [-0.2, 0) is 5.41 Å². The summed E-state index contributed by atoms with van der Waals surface area (Å²) in [4.78, 5) is 0. The lowest BCUT2D eigenvalue weighted by Gasteiger charge is -2.50. The number of benzene rings is 1. The highest BCUT2D eigenvalue weighted by Gasteiger charge is 2.45. The maximum absolute atomic E-state index is 2.47. The van der Waals surface area contributed by atoms with E-state index in [1.807, 2.05) is 13.8 Å². The van der Waals surface area contributed by atoms with Crippen LogP contribution in [0.4, 0.5) is 0 Å². The van der Waals surface area contributed by atoms with E-state index in [4.69, 9.17) is 0 Å². The van der Waals surface area contributed by atoms with Crippen molar-refractivity contribution in [2.45, 2.75) is 132 Å². The van der Waals surface area contributed by atoms with Crippen LogP contribution in [0, 0.1) is 10.8 Å². The van der Waals surface area contributed by atoms with Gasteiger partial charge in [-0.2, -0.15) is 0 Å². The molecule has 0 N–H and O–H groups in total. The first-order valence-corrected chi connectivity index (χ1v) is 12.1. The number of rotatable bonds is 5. The molecule has 0 saturated heterocycles. The van der Waals surface area contributed by atoms with Gasteiger partial charge in [0.1, 0.15) is 0 Å². The molecule has 1 atom stereocenters. The fourth-order valence-electron chi connectivity index (χ4n) is 5.18. The molecule has 0 nitrogen and oxygen atoms in total. The van der Waals surface area contributed by atoms with Crippen molar-refractivity contribution >= 4 is 0 Å². The van der Waals surface area contributed by atoms with Crippen molar-refractivity contribution in [2.24, 2.45) is 10.8 Å².